The second kappa shape index (κ2) is 23.8. The number of carbonyl (C=O) groups excluding carboxylic acids is 6. The number of amides is 6. The van der Waals surface area contributed by atoms with Crippen LogP contribution in [0.25, 0.3) is 0 Å². The van der Waals surface area contributed by atoms with Gasteiger partial charge in [-0.05, 0) is 88.3 Å². The van der Waals surface area contributed by atoms with Gasteiger partial charge in [0.25, 0.3) is 0 Å². The molecular formula is C40H55N7O10S3. The number of hydrogen-bond acceptors (Lipinski definition) is 12. The highest BCUT2D eigenvalue weighted by Crippen LogP contribution is 2.21. The highest BCUT2D eigenvalue weighted by Gasteiger charge is 2.35. The molecule has 20 heteroatoms. The summed E-state index contributed by atoms with van der Waals surface area (Å²) in [5.74, 6) is 0.516. The lowest BCUT2D eigenvalue weighted by atomic mass is 10.0. The number of sulfonamides is 1. The number of thioether (sulfide) groups is 1. The third-order valence-corrected chi connectivity index (χ3v) is 12.9. The molecule has 1 aliphatic heterocycles. The Hall–Kier alpha value is -4.81. The molecule has 0 aliphatic carbocycles. The Balaban J connectivity index is 1.59. The highest BCUT2D eigenvalue weighted by atomic mass is 32.2. The molecule has 6 amide bonds. The molecule has 3 rings (SSSR count). The summed E-state index contributed by atoms with van der Waals surface area (Å²) >= 11 is 2.40. The number of aliphatic carboxylic acids is 1. The number of hydrogen-bond donors (Lipinski definition) is 7. The van der Waals surface area contributed by atoms with Gasteiger partial charge in [0, 0.05) is 25.6 Å². The van der Waals surface area contributed by atoms with Gasteiger partial charge in [-0.3, -0.25) is 38.9 Å². The van der Waals surface area contributed by atoms with E-state index in [0.29, 0.717) is 23.6 Å². The Morgan fingerprint density at radius 2 is 1.65 bits per heavy atom. The van der Waals surface area contributed by atoms with Crippen molar-refractivity contribution in [3.63, 3.8) is 0 Å². The van der Waals surface area contributed by atoms with Crippen LogP contribution in [0.3, 0.4) is 0 Å². The summed E-state index contributed by atoms with van der Waals surface area (Å²) in [5.41, 5.74) is 1.85. The summed E-state index contributed by atoms with van der Waals surface area (Å²) in [6, 6.07) is 4.88. The molecule has 0 bridgehead atoms. The fourth-order valence-corrected chi connectivity index (χ4v) is 8.72. The minimum Gasteiger partial charge on any atom is -0.481 e. The first-order chi connectivity index (χ1) is 28.3. The quantitative estimate of drug-likeness (QED) is 0.0872. The van der Waals surface area contributed by atoms with Crippen LogP contribution in [0.2, 0.25) is 0 Å². The maximum Gasteiger partial charge on any atom is 0.305 e. The zero-order valence-corrected chi connectivity index (χ0v) is 37.0. The van der Waals surface area contributed by atoms with Crippen LogP contribution in [0, 0.1) is 24.7 Å². The number of nitrogens with zero attached hydrogens (tertiary/aromatic N) is 1. The van der Waals surface area contributed by atoms with Gasteiger partial charge in [0.15, 0.2) is 0 Å². The van der Waals surface area contributed by atoms with Gasteiger partial charge in [-0.25, -0.2) is 13.1 Å². The number of aryl methyl sites for hydroxylation is 1. The monoisotopic (exact) mass is 889 g/mol. The van der Waals surface area contributed by atoms with Crippen molar-refractivity contribution < 1.29 is 47.1 Å². The number of carboxylic acids is 1. The second-order valence-electron chi connectivity index (χ2n) is 14.8. The third-order valence-electron chi connectivity index (χ3n) is 9.31. The van der Waals surface area contributed by atoms with Gasteiger partial charge in [0.2, 0.25) is 45.5 Å². The standard InChI is InChI=1S/C40H55N7O10S3/c1-24(2)22-31(40(55)47(5)32(18-21-58-6)39(54)46-37(52)29-8-7-19-41-29)45-36(51)26(4)43-38(53)30(23-34(49)50)44-33(48)17-20-42-60(56,57)35-16-15-28(59-35)14-13-27-11-9-25(3)10-12-27/h9-12,15-16,24,26,29-32,41-42H,7-8,17-23H2,1-6H3,(H,43,53)(H,44,48)(H,45,51)(H,49,50)(H,46,52,54)/t26-,29-,30-,31-,32-/m0/s1. The molecule has 0 radical (unpaired) electrons. The van der Waals surface area contributed by atoms with Crippen LogP contribution in [0.5, 0.6) is 0 Å². The lowest BCUT2D eigenvalue weighted by molar-refractivity contribution is -0.144. The van der Waals surface area contributed by atoms with E-state index >= 15 is 0 Å². The van der Waals surface area contributed by atoms with E-state index in [1.165, 1.54) is 36.7 Å². The summed E-state index contributed by atoms with van der Waals surface area (Å²) in [6.45, 7) is 7.20. The molecule has 0 unspecified atom stereocenters. The summed E-state index contributed by atoms with van der Waals surface area (Å²) in [6.07, 6.45) is 2.31. The van der Waals surface area contributed by atoms with Crippen molar-refractivity contribution in [1.82, 2.24) is 36.2 Å². The number of rotatable bonds is 21. The predicted molar refractivity (Wildman–Crippen MR) is 228 cm³/mol. The minimum absolute atomic E-state index is 0.0276. The number of carboxylic acid groups (broad SMARTS) is 1. The van der Waals surface area contributed by atoms with Gasteiger partial charge in [0.1, 0.15) is 28.4 Å². The molecule has 7 N–H and O–H groups in total. The number of likely N-dealkylation sites (N-methyl/N-ethyl adjacent to an activating group) is 1. The topological polar surface area (TPSA) is 249 Å². The maximum atomic E-state index is 13.9. The molecule has 1 aromatic heterocycles. The molecule has 0 saturated carbocycles. The number of benzene rings is 1. The van der Waals surface area contributed by atoms with Crippen molar-refractivity contribution in [2.24, 2.45) is 5.92 Å². The zero-order valence-electron chi connectivity index (χ0n) is 34.6. The van der Waals surface area contributed by atoms with Gasteiger partial charge in [-0.15, -0.1) is 11.3 Å². The van der Waals surface area contributed by atoms with Crippen molar-refractivity contribution in [1.29, 1.82) is 0 Å². The molecule has 1 aromatic carbocycles. The zero-order chi connectivity index (χ0) is 44.6. The third kappa shape index (κ3) is 16.0. The SMILES string of the molecule is CSCC[C@@H](C(=O)NC(=O)[C@@H]1CCCN1)N(C)C(=O)[C@H](CC(C)C)NC(=O)[C@H](C)NC(=O)[C@H](CC(=O)O)NC(=O)CCNS(=O)(=O)c1ccc(C#Cc2ccc(C)cc2)s1. The van der Waals surface area contributed by atoms with E-state index in [4.69, 9.17) is 0 Å². The minimum atomic E-state index is -4.02. The molecular weight excluding hydrogens is 835 g/mol. The lowest BCUT2D eigenvalue weighted by Crippen LogP contribution is -2.59. The van der Waals surface area contributed by atoms with E-state index in [2.05, 4.69) is 43.1 Å². The van der Waals surface area contributed by atoms with Crippen LogP contribution in [-0.2, 0) is 43.6 Å². The molecule has 0 spiro atoms. The van der Waals surface area contributed by atoms with E-state index in [9.17, 15) is 47.1 Å². The van der Waals surface area contributed by atoms with Gasteiger partial charge in [-0.2, -0.15) is 11.8 Å². The fourth-order valence-electron chi connectivity index (χ4n) is 6.02. The molecule has 60 heavy (non-hydrogen) atoms. The first kappa shape index (κ1) is 49.6. The Kier molecular flexibility index (Phi) is 19.7. The van der Waals surface area contributed by atoms with E-state index in [0.717, 1.165) is 28.9 Å². The van der Waals surface area contributed by atoms with Crippen molar-refractivity contribution in [3.8, 4) is 11.8 Å². The molecule has 5 atom stereocenters. The number of thiophene rings is 1. The molecule has 1 saturated heterocycles. The van der Waals surface area contributed by atoms with E-state index in [-0.39, 0.29) is 29.5 Å². The summed E-state index contributed by atoms with van der Waals surface area (Å²) in [4.78, 5) is 92.6. The largest absolute Gasteiger partial charge is 0.481 e. The van der Waals surface area contributed by atoms with E-state index < -0.39 is 94.5 Å². The number of nitrogens with one attached hydrogen (secondary N) is 6. The van der Waals surface area contributed by atoms with Crippen molar-refractivity contribution in [3.05, 3.63) is 52.4 Å². The summed E-state index contributed by atoms with van der Waals surface area (Å²) < 4.78 is 28.1. The Morgan fingerprint density at radius 1 is 0.950 bits per heavy atom. The van der Waals surface area contributed by atoms with Gasteiger partial charge in [-0.1, -0.05) is 43.4 Å². The van der Waals surface area contributed by atoms with Gasteiger partial charge < -0.3 is 31.3 Å². The average Bonchev–Trinajstić information content (AvgIpc) is 3.90. The van der Waals surface area contributed by atoms with Crippen LogP contribution >= 0.6 is 23.1 Å². The molecule has 17 nitrogen and oxygen atoms in total. The highest BCUT2D eigenvalue weighted by molar-refractivity contribution is 7.98. The Bertz CT molecular complexity index is 2020. The normalized spacial score (nSPS) is 15.7. The molecule has 2 heterocycles. The summed E-state index contributed by atoms with van der Waals surface area (Å²) in [5, 5.41) is 22.2. The maximum absolute atomic E-state index is 13.9. The molecule has 1 fully saturated rings. The predicted octanol–water partition coefficient (Wildman–Crippen LogP) is 1.09. The smallest absolute Gasteiger partial charge is 0.305 e. The number of imide groups is 1. The van der Waals surface area contributed by atoms with Crippen LogP contribution in [-0.4, -0.2) is 122 Å². The van der Waals surface area contributed by atoms with Gasteiger partial charge in [0.05, 0.1) is 17.3 Å². The van der Waals surface area contributed by atoms with Gasteiger partial charge >= 0.3 is 5.97 Å². The van der Waals surface area contributed by atoms with Crippen LogP contribution in [0.1, 0.15) is 75.3 Å². The van der Waals surface area contributed by atoms with Crippen molar-refractivity contribution in [2.45, 2.75) is 101 Å². The number of carbonyl (C=O) groups is 7. The first-order valence-corrected chi connectivity index (χ1v) is 23.1. The van der Waals surface area contributed by atoms with E-state index in [1.807, 2.05) is 51.3 Å². The second-order valence-corrected chi connectivity index (χ2v) is 18.8. The average molecular weight is 890 g/mol. The summed E-state index contributed by atoms with van der Waals surface area (Å²) in [7, 11) is -2.61. The lowest BCUT2D eigenvalue weighted by Gasteiger charge is -2.32. The van der Waals surface area contributed by atoms with Crippen LogP contribution < -0.4 is 31.3 Å². The van der Waals surface area contributed by atoms with Crippen molar-refractivity contribution >= 4 is 74.5 Å². The Morgan fingerprint density at radius 3 is 2.27 bits per heavy atom. The molecule has 1 aliphatic rings. The molecule has 2 aromatic rings. The van der Waals surface area contributed by atoms with E-state index in [1.54, 1.807) is 6.07 Å². The fraction of sp³-hybridized carbons (Fsp3) is 0.525. The molecule has 328 valence electrons. The first-order valence-electron chi connectivity index (χ1n) is 19.4. The Labute approximate surface area is 359 Å². The van der Waals surface area contributed by atoms with Crippen molar-refractivity contribution in [2.75, 3.05) is 32.1 Å². The van der Waals surface area contributed by atoms with Crippen LogP contribution in [0.15, 0.2) is 40.6 Å². The van der Waals surface area contributed by atoms with Crippen LogP contribution in [0.4, 0.5) is 0 Å².